The first-order chi connectivity index (χ1) is 9.65. The van der Waals surface area contributed by atoms with E-state index >= 15 is 0 Å². The molecule has 2 aromatic heterocycles. The van der Waals surface area contributed by atoms with Gasteiger partial charge in [0.25, 0.3) is 0 Å². The Hall–Kier alpha value is -1.73. The minimum Gasteiger partial charge on any atom is -0.292 e. The molecule has 1 atom stereocenters. The lowest BCUT2D eigenvalue weighted by atomic mass is 10.2. The van der Waals surface area contributed by atoms with Crippen LogP contribution < -0.4 is 5.32 Å². The van der Waals surface area contributed by atoms with E-state index in [0.29, 0.717) is 5.95 Å². The number of halogens is 1. The first-order valence-electron chi connectivity index (χ1n) is 6.00. The van der Waals surface area contributed by atoms with Crippen molar-refractivity contribution in [3.05, 3.63) is 35.7 Å². The number of hydrogen-bond acceptors (Lipinski definition) is 4. The monoisotopic (exact) mass is 350 g/mol. The van der Waals surface area contributed by atoms with Gasteiger partial charge in [-0.25, -0.2) is 4.52 Å². The van der Waals surface area contributed by atoms with Crippen LogP contribution in [0.2, 0.25) is 0 Å². The number of thiazole rings is 1. The molecule has 7 heteroatoms. The lowest BCUT2D eigenvalue weighted by Gasteiger charge is -2.01. The molecule has 0 bridgehead atoms. The minimum absolute atomic E-state index is 0.162. The normalized spacial score (nSPS) is 12.5. The Morgan fingerprint density at radius 2 is 2.15 bits per heavy atom. The van der Waals surface area contributed by atoms with Crippen LogP contribution in [0.15, 0.2) is 35.7 Å². The zero-order chi connectivity index (χ0) is 14.1. The number of aromatic nitrogens is 3. The summed E-state index contributed by atoms with van der Waals surface area (Å²) in [7, 11) is 0. The molecular formula is C13H11BrN4OS. The number of amides is 1. The smallest absolute Gasteiger partial charge is 0.250 e. The summed E-state index contributed by atoms with van der Waals surface area (Å²) in [4.78, 5) is 16.4. The maximum Gasteiger partial charge on any atom is 0.250 e. The van der Waals surface area contributed by atoms with Gasteiger partial charge in [-0.15, -0.1) is 16.4 Å². The third-order valence-electron chi connectivity index (χ3n) is 2.75. The number of alkyl halides is 1. The predicted octanol–water partition coefficient (Wildman–Crippen LogP) is 3.18. The van der Waals surface area contributed by atoms with Crippen molar-refractivity contribution < 1.29 is 4.79 Å². The van der Waals surface area contributed by atoms with Crippen molar-refractivity contribution in [2.24, 2.45) is 0 Å². The Kier molecular flexibility index (Phi) is 3.54. The summed E-state index contributed by atoms with van der Waals surface area (Å²) in [5.74, 6) is 0.162. The van der Waals surface area contributed by atoms with Crippen LogP contribution in [0.25, 0.3) is 16.2 Å². The zero-order valence-electron chi connectivity index (χ0n) is 10.6. The highest BCUT2D eigenvalue weighted by molar-refractivity contribution is 9.10. The first-order valence-corrected chi connectivity index (χ1v) is 7.79. The molecule has 1 unspecified atom stereocenters. The third kappa shape index (κ3) is 2.46. The molecule has 20 heavy (non-hydrogen) atoms. The van der Waals surface area contributed by atoms with Crippen molar-refractivity contribution in [2.75, 3.05) is 5.32 Å². The number of carbonyl (C=O) groups is 1. The topological polar surface area (TPSA) is 59.3 Å². The van der Waals surface area contributed by atoms with E-state index in [-0.39, 0.29) is 10.7 Å². The predicted molar refractivity (Wildman–Crippen MR) is 83.3 cm³/mol. The van der Waals surface area contributed by atoms with E-state index in [1.165, 1.54) is 11.3 Å². The summed E-state index contributed by atoms with van der Waals surface area (Å²) < 4.78 is 1.74. The molecule has 0 aliphatic carbocycles. The molecule has 3 aromatic rings. The van der Waals surface area contributed by atoms with E-state index in [0.717, 1.165) is 16.2 Å². The highest BCUT2D eigenvalue weighted by Gasteiger charge is 2.15. The van der Waals surface area contributed by atoms with Crippen LogP contribution in [0.3, 0.4) is 0 Å². The SMILES string of the molecule is CC(Br)C(=O)Nc1nc2scc(-c3ccccc3)n2n1. The van der Waals surface area contributed by atoms with Crippen LogP contribution in [0.1, 0.15) is 6.92 Å². The van der Waals surface area contributed by atoms with Gasteiger partial charge in [-0.05, 0) is 6.92 Å². The average molecular weight is 351 g/mol. The highest BCUT2D eigenvalue weighted by atomic mass is 79.9. The van der Waals surface area contributed by atoms with Gasteiger partial charge in [0, 0.05) is 10.9 Å². The van der Waals surface area contributed by atoms with Crippen molar-refractivity contribution in [2.45, 2.75) is 11.8 Å². The van der Waals surface area contributed by atoms with E-state index in [2.05, 4.69) is 31.3 Å². The molecule has 0 saturated heterocycles. The summed E-state index contributed by atoms with van der Waals surface area (Å²) in [5.41, 5.74) is 2.03. The second-order valence-corrected chi connectivity index (χ2v) is 6.43. The van der Waals surface area contributed by atoms with Crippen LogP contribution in [0, 0.1) is 0 Å². The highest BCUT2D eigenvalue weighted by Crippen LogP contribution is 2.25. The summed E-state index contributed by atoms with van der Waals surface area (Å²) in [5, 5.41) is 9.01. The van der Waals surface area contributed by atoms with Crippen molar-refractivity contribution in [3.8, 4) is 11.3 Å². The molecule has 0 aliphatic heterocycles. The molecule has 2 heterocycles. The van der Waals surface area contributed by atoms with Gasteiger partial charge in [0.05, 0.1) is 10.5 Å². The van der Waals surface area contributed by atoms with Crippen molar-refractivity contribution in [1.82, 2.24) is 14.6 Å². The second kappa shape index (κ2) is 5.34. The van der Waals surface area contributed by atoms with Crippen LogP contribution in [-0.4, -0.2) is 25.3 Å². The number of nitrogens with one attached hydrogen (secondary N) is 1. The molecule has 1 amide bonds. The Morgan fingerprint density at radius 3 is 2.85 bits per heavy atom. The van der Waals surface area contributed by atoms with E-state index in [4.69, 9.17) is 0 Å². The average Bonchev–Trinajstić information content (AvgIpc) is 2.99. The zero-order valence-corrected chi connectivity index (χ0v) is 13.0. The van der Waals surface area contributed by atoms with Gasteiger partial charge in [0.1, 0.15) is 0 Å². The van der Waals surface area contributed by atoms with E-state index < -0.39 is 0 Å². The molecule has 5 nitrogen and oxygen atoms in total. The number of nitrogens with zero attached hydrogens (tertiary/aromatic N) is 3. The van der Waals surface area contributed by atoms with Crippen LogP contribution >= 0.6 is 27.3 Å². The fourth-order valence-electron chi connectivity index (χ4n) is 1.75. The fraction of sp³-hybridized carbons (Fsp3) is 0.154. The fourth-order valence-corrected chi connectivity index (χ4v) is 2.70. The molecule has 0 saturated carbocycles. The van der Waals surface area contributed by atoms with Crippen molar-refractivity contribution in [3.63, 3.8) is 0 Å². The van der Waals surface area contributed by atoms with Gasteiger partial charge in [-0.1, -0.05) is 46.3 Å². The molecule has 0 aliphatic rings. The molecule has 102 valence electrons. The maximum absolute atomic E-state index is 11.6. The molecule has 1 N–H and O–H groups in total. The summed E-state index contributed by atoms with van der Waals surface area (Å²) >= 11 is 4.70. The number of rotatable bonds is 3. The van der Waals surface area contributed by atoms with E-state index in [9.17, 15) is 4.79 Å². The molecule has 0 radical (unpaired) electrons. The molecular weight excluding hydrogens is 340 g/mol. The van der Waals surface area contributed by atoms with Crippen molar-refractivity contribution in [1.29, 1.82) is 0 Å². The number of fused-ring (bicyclic) bond motifs is 1. The van der Waals surface area contributed by atoms with Gasteiger partial charge in [0.2, 0.25) is 16.8 Å². The molecule has 0 spiro atoms. The number of anilines is 1. The van der Waals surface area contributed by atoms with Gasteiger partial charge < -0.3 is 0 Å². The molecule has 3 rings (SSSR count). The quantitative estimate of drug-likeness (QED) is 0.738. The van der Waals surface area contributed by atoms with Crippen LogP contribution in [0.4, 0.5) is 5.95 Å². The number of carbonyl (C=O) groups excluding carboxylic acids is 1. The van der Waals surface area contributed by atoms with Gasteiger partial charge in [-0.2, -0.15) is 4.98 Å². The Balaban J connectivity index is 1.97. The van der Waals surface area contributed by atoms with Gasteiger partial charge in [-0.3, -0.25) is 10.1 Å². The first kappa shape index (κ1) is 13.3. The summed E-state index contributed by atoms with van der Waals surface area (Å²) in [6.07, 6.45) is 0. The standard InChI is InChI=1S/C13H11BrN4OS/c1-8(14)11(19)15-12-16-13-18(17-12)10(7-20-13)9-5-3-2-4-6-9/h2-8H,1H3,(H,15,17,19). The lowest BCUT2D eigenvalue weighted by Crippen LogP contribution is -2.20. The number of benzene rings is 1. The third-order valence-corrected chi connectivity index (χ3v) is 3.98. The minimum atomic E-state index is -0.280. The van der Waals surface area contributed by atoms with Crippen LogP contribution in [-0.2, 0) is 4.79 Å². The number of hydrogen-bond donors (Lipinski definition) is 1. The van der Waals surface area contributed by atoms with Crippen molar-refractivity contribution >= 4 is 44.1 Å². The van der Waals surface area contributed by atoms with Gasteiger partial charge >= 0.3 is 0 Å². The second-order valence-electron chi connectivity index (χ2n) is 4.22. The Morgan fingerprint density at radius 1 is 1.40 bits per heavy atom. The van der Waals surface area contributed by atoms with E-state index in [1.54, 1.807) is 11.4 Å². The van der Waals surface area contributed by atoms with E-state index in [1.807, 2.05) is 35.7 Å². The van der Waals surface area contributed by atoms with Gasteiger partial charge in [0.15, 0.2) is 0 Å². The summed E-state index contributed by atoms with van der Waals surface area (Å²) in [6, 6.07) is 9.96. The Labute approximate surface area is 127 Å². The largest absolute Gasteiger partial charge is 0.292 e. The van der Waals surface area contributed by atoms with Crippen LogP contribution in [0.5, 0.6) is 0 Å². The lowest BCUT2D eigenvalue weighted by molar-refractivity contribution is -0.115. The molecule has 0 fully saturated rings. The molecule has 1 aromatic carbocycles. The summed E-state index contributed by atoms with van der Waals surface area (Å²) in [6.45, 7) is 1.75. The maximum atomic E-state index is 11.6. The Bertz CT molecular complexity index is 750.